The summed E-state index contributed by atoms with van der Waals surface area (Å²) in [6.07, 6.45) is 2.12. The Morgan fingerprint density at radius 3 is 2.05 bits per heavy atom. The Balaban J connectivity index is 2.26. The van der Waals surface area contributed by atoms with Crippen molar-refractivity contribution >= 4 is 59.2 Å². The second kappa shape index (κ2) is 33.8. The van der Waals surface area contributed by atoms with E-state index in [1.54, 1.807) is 0 Å². The molecule has 74 heavy (non-hydrogen) atoms. The van der Waals surface area contributed by atoms with Crippen LogP contribution in [0.1, 0.15) is 83.1 Å². The van der Waals surface area contributed by atoms with Crippen molar-refractivity contribution in [3.8, 4) is 0 Å². The van der Waals surface area contributed by atoms with E-state index in [1.165, 1.54) is 36.1 Å². The number of hydrogen-bond donors (Lipinski definition) is 16. The third kappa shape index (κ3) is 22.1. The van der Waals surface area contributed by atoms with Crippen LogP contribution in [0.3, 0.4) is 0 Å². The van der Waals surface area contributed by atoms with Crippen molar-refractivity contribution in [1.29, 1.82) is 0 Å². The lowest BCUT2D eigenvalue weighted by Gasteiger charge is -2.30. The molecular weight excluding hydrogens is 972 g/mol. The molecule has 0 bridgehead atoms. The monoisotopic (exact) mass is 1050 g/mol. The van der Waals surface area contributed by atoms with E-state index < -0.39 is 133 Å². The van der Waals surface area contributed by atoms with E-state index in [2.05, 4.69) is 42.2 Å². The average molecular weight is 1050 g/mol. The molecule has 1 aliphatic heterocycles. The predicted octanol–water partition coefficient (Wildman–Crippen LogP) is -5.69. The Labute approximate surface area is 428 Å². The Morgan fingerprint density at radius 1 is 0.784 bits per heavy atom. The quantitative estimate of drug-likeness (QED) is 0.0132. The molecule has 8 amide bonds. The largest absolute Gasteiger partial charge is 0.477 e. The van der Waals surface area contributed by atoms with Gasteiger partial charge in [0.1, 0.15) is 47.8 Å². The second-order valence-electron chi connectivity index (χ2n) is 17.6. The minimum Gasteiger partial charge on any atom is -0.477 e. The number of halogens is 1. The summed E-state index contributed by atoms with van der Waals surface area (Å²) >= 11 is 0. The molecule has 1 fully saturated rings. The molecule has 0 spiro atoms. The van der Waals surface area contributed by atoms with Crippen molar-refractivity contribution in [1.82, 2.24) is 42.1 Å². The number of amides is 8. The zero-order chi connectivity index (χ0) is 55.3. The van der Waals surface area contributed by atoms with E-state index in [4.69, 9.17) is 40.1 Å². The number of carboxylic acids is 1. The zero-order valence-corrected chi connectivity index (χ0v) is 41.8. The Morgan fingerprint density at radius 2 is 1.43 bits per heavy atom. The molecule has 0 aliphatic carbocycles. The van der Waals surface area contributed by atoms with Gasteiger partial charge in [-0.05, 0) is 102 Å². The summed E-state index contributed by atoms with van der Waals surface area (Å²) < 4.78 is 15.1. The molecule has 1 saturated heterocycles. The molecule has 0 saturated carbocycles. The number of rotatable bonds is 34. The van der Waals surface area contributed by atoms with Gasteiger partial charge in [0.15, 0.2) is 5.96 Å². The first-order valence-electron chi connectivity index (χ1n) is 24.5. The summed E-state index contributed by atoms with van der Waals surface area (Å²) in [6, 6.07) is -3.75. The van der Waals surface area contributed by atoms with Gasteiger partial charge in [-0.1, -0.05) is 30.7 Å². The Bertz CT molecular complexity index is 2110. The average Bonchev–Trinajstić information content (AvgIpc) is 3.87. The van der Waals surface area contributed by atoms with Crippen LogP contribution >= 0.6 is 0 Å². The van der Waals surface area contributed by atoms with Crippen LogP contribution in [0.2, 0.25) is 0 Å². The fourth-order valence-electron chi connectivity index (χ4n) is 7.60. The summed E-state index contributed by atoms with van der Waals surface area (Å²) in [5, 5.41) is 37.3. The number of carbonyl (C=O) groups is 9. The number of carboxylic acid groups (broad SMARTS) is 1. The minimum atomic E-state index is -1.58. The molecule has 1 aliphatic rings. The molecule has 1 aromatic rings. The number of nitrogens with two attached hydrogens (primary N) is 7. The molecule has 414 valence electrons. The maximum absolute atomic E-state index is 15.1. The highest BCUT2D eigenvalue weighted by atomic mass is 19.1. The third-order valence-electron chi connectivity index (χ3n) is 11.7. The molecule has 1 unspecified atom stereocenters. The van der Waals surface area contributed by atoms with Crippen molar-refractivity contribution in [2.24, 2.45) is 45.1 Å². The number of aliphatic carboxylic acids is 1. The van der Waals surface area contributed by atoms with E-state index in [0.29, 0.717) is 38.6 Å². The third-order valence-corrected chi connectivity index (χ3v) is 11.7. The minimum absolute atomic E-state index is 0.00952. The van der Waals surface area contributed by atoms with Gasteiger partial charge < -0.3 is 92.5 Å². The number of aliphatic hydroxyl groups is 1. The lowest BCUT2D eigenvalue weighted by atomic mass is 10.0. The van der Waals surface area contributed by atoms with Crippen LogP contribution in [0.25, 0.3) is 0 Å². The second-order valence-corrected chi connectivity index (χ2v) is 17.6. The maximum atomic E-state index is 15.1. The van der Waals surface area contributed by atoms with Crippen LogP contribution in [-0.2, 0) is 49.6 Å². The molecule has 1 heterocycles. The smallest absolute Gasteiger partial charge is 0.352 e. The number of likely N-dealkylation sites (tertiary alicyclic amines) is 1. The van der Waals surface area contributed by atoms with Gasteiger partial charge in [0, 0.05) is 26.1 Å². The molecule has 0 aromatic heterocycles. The van der Waals surface area contributed by atoms with Crippen LogP contribution in [0.4, 0.5) is 4.39 Å². The lowest BCUT2D eigenvalue weighted by molar-refractivity contribution is -0.142. The Kier molecular flexibility index (Phi) is 28.9. The highest BCUT2D eigenvalue weighted by Gasteiger charge is 2.40. The fourth-order valence-corrected chi connectivity index (χ4v) is 7.60. The van der Waals surface area contributed by atoms with Gasteiger partial charge in [-0.2, -0.15) is 0 Å². The molecule has 23 N–H and O–H groups in total. The SMILES string of the molecule is C[C@H](NC(=O)[C@@H](NC(=O)C(N)CCCCN)[C@@H](O)CN)C(=O)NCC(=O)N[C@H](CCCN)C(=O)N1CCC[C@H]1C(=O)N[C@@H](Cc1ccccc1F)C(=O)N[C@@H](CCCCN)C(=O)N/C(=C\CCN=C(N)N)C(=O)O. The number of nitrogens with one attached hydrogen (secondary N) is 7. The fraction of sp³-hybridized carbons (Fsp3) is 0.609. The topological polar surface area (TPSA) is 476 Å². The summed E-state index contributed by atoms with van der Waals surface area (Å²) in [4.78, 5) is 125. The van der Waals surface area contributed by atoms with Gasteiger partial charge in [-0.15, -0.1) is 0 Å². The molecule has 1 aromatic carbocycles. The number of unbranched alkanes of at least 4 members (excludes halogenated alkanes) is 2. The summed E-state index contributed by atoms with van der Waals surface area (Å²) in [5.41, 5.74) is 38.5. The first-order valence-corrected chi connectivity index (χ1v) is 24.5. The number of aliphatic hydroxyl groups excluding tert-OH is 1. The van der Waals surface area contributed by atoms with Gasteiger partial charge in [0.2, 0.25) is 47.3 Å². The number of hydrogen-bond acceptors (Lipinski definition) is 16. The number of aliphatic imine (C=N–C) groups is 1. The first kappa shape index (κ1) is 63.3. The molecule has 2 rings (SSSR count). The molecule has 27 nitrogen and oxygen atoms in total. The predicted molar refractivity (Wildman–Crippen MR) is 269 cm³/mol. The van der Waals surface area contributed by atoms with Gasteiger partial charge >= 0.3 is 5.97 Å². The number of guanidine groups is 1. The number of nitrogens with zero attached hydrogens (tertiary/aromatic N) is 2. The van der Waals surface area contributed by atoms with Crippen molar-refractivity contribution in [2.45, 2.75) is 132 Å². The van der Waals surface area contributed by atoms with E-state index in [0.717, 1.165) is 6.07 Å². The van der Waals surface area contributed by atoms with Gasteiger partial charge in [0.25, 0.3) is 0 Å². The van der Waals surface area contributed by atoms with E-state index in [1.807, 2.05) is 0 Å². The summed E-state index contributed by atoms with van der Waals surface area (Å²) in [7, 11) is 0. The molecule has 0 radical (unpaired) electrons. The summed E-state index contributed by atoms with van der Waals surface area (Å²) in [6.45, 7) is 0.998. The first-order chi connectivity index (χ1) is 35.2. The van der Waals surface area contributed by atoms with Gasteiger partial charge in [-0.3, -0.25) is 43.3 Å². The summed E-state index contributed by atoms with van der Waals surface area (Å²) in [5.74, 6) is -9.14. The van der Waals surface area contributed by atoms with Crippen molar-refractivity contribution in [3.63, 3.8) is 0 Å². The Hall–Kier alpha value is -6.85. The lowest BCUT2D eigenvalue weighted by Crippen LogP contribution is -2.60. The van der Waals surface area contributed by atoms with Gasteiger partial charge in [0.05, 0.1) is 18.7 Å². The van der Waals surface area contributed by atoms with E-state index >= 15 is 4.39 Å². The van der Waals surface area contributed by atoms with Crippen LogP contribution in [0.5, 0.6) is 0 Å². The highest BCUT2D eigenvalue weighted by Crippen LogP contribution is 2.21. The van der Waals surface area contributed by atoms with Crippen LogP contribution in [-0.4, -0.2) is 169 Å². The van der Waals surface area contributed by atoms with Crippen molar-refractivity contribution < 1.29 is 57.8 Å². The molecule has 28 heteroatoms. The highest BCUT2D eigenvalue weighted by molar-refractivity contribution is 5.99. The van der Waals surface area contributed by atoms with Crippen molar-refractivity contribution in [3.05, 3.63) is 47.4 Å². The molecule has 8 atom stereocenters. The van der Waals surface area contributed by atoms with E-state index in [9.17, 15) is 53.4 Å². The van der Waals surface area contributed by atoms with Crippen LogP contribution < -0.4 is 77.4 Å². The van der Waals surface area contributed by atoms with Crippen LogP contribution in [0, 0.1) is 5.82 Å². The number of benzene rings is 1. The van der Waals surface area contributed by atoms with Crippen LogP contribution in [0.15, 0.2) is 41.0 Å². The van der Waals surface area contributed by atoms with Crippen molar-refractivity contribution in [2.75, 3.05) is 45.8 Å². The van der Waals surface area contributed by atoms with Gasteiger partial charge in [-0.25, -0.2) is 9.18 Å². The van der Waals surface area contributed by atoms with E-state index in [-0.39, 0.29) is 76.2 Å². The number of carbonyl (C=O) groups excluding carboxylic acids is 8. The zero-order valence-electron chi connectivity index (χ0n) is 41.8. The maximum Gasteiger partial charge on any atom is 0.352 e. The molecular formula is C46H77FN16O11. The standard InChI is InChI=1S/C46H77FN16O11/c1-26(57-43(71)37(35(64)24-51)62-39(67)29(52)13-4-6-18-48)38(66)56-25-36(65)58-31(15-8-20-50)44(72)63-22-10-17-34(63)42(70)61-33(23-27-11-2-3-12-28(27)47)41(69)59-30(14-5-7-19-49)40(68)60-32(45(73)74)16-9-21-55-46(53)54/h2-3,11-12,16,26,29-31,33-35,37,64H,4-10,13-15,17-25,48-52H2,1H3,(H,56,66)(H,57,71)(H,58,65)(H,59,69)(H,60,68)(H,61,70)(H,62,67)(H,73,74)(H4,53,54,55)/b32-16-/t26-,29?,30-,31+,33-,34-,35-,37-/m0/s1. The normalized spacial score (nSPS) is 16.2.